The Morgan fingerprint density at radius 3 is 2.83 bits per heavy atom. The second-order valence-electron chi connectivity index (χ2n) is 3.61. The molecule has 0 unspecified atom stereocenters. The molecule has 2 heterocycles. The van der Waals surface area contributed by atoms with E-state index in [1.54, 1.807) is 12.3 Å². The summed E-state index contributed by atoms with van der Waals surface area (Å²) in [5, 5.41) is 8.95. The number of rotatable bonds is 4. The number of ether oxygens (including phenoxy) is 1. The van der Waals surface area contributed by atoms with E-state index in [1.807, 2.05) is 13.0 Å². The third-order valence-electron chi connectivity index (χ3n) is 2.28. The van der Waals surface area contributed by atoms with Crippen molar-refractivity contribution in [3.63, 3.8) is 0 Å². The molecular formula is C12H11N3O3. The fourth-order valence-corrected chi connectivity index (χ4v) is 1.34. The van der Waals surface area contributed by atoms with Gasteiger partial charge in [-0.25, -0.2) is 14.8 Å². The van der Waals surface area contributed by atoms with Gasteiger partial charge in [-0.15, -0.1) is 0 Å². The van der Waals surface area contributed by atoms with Crippen LogP contribution in [0.1, 0.15) is 21.7 Å². The summed E-state index contributed by atoms with van der Waals surface area (Å²) in [4.78, 5) is 22.6. The summed E-state index contributed by atoms with van der Waals surface area (Å²) >= 11 is 0. The van der Waals surface area contributed by atoms with Gasteiger partial charge in [0.2, 0.25) is 0 Å². The van der Waals surface area contributed by atoms with E-state index in [9.17, 15) is 4.79 Å². The van der Waals surface area contributed by atoms with E-state index in [0.717, 1.165) is 5.69 Å². The lowest BCUT2D eigenvalue weighted by molar-refractivity contribution is 0.0692. The van der Waals surface area contributed by atoms with Gasteiger partial charge in [0.15, 0.2) is 0 Å². The lowest BCUT2D eigenvalue weighted by Gasteiger charge is -2.07. The van der Waals surface area contributed by atoms with Crippen LogP contribution in [0.25, 0.3) is 0 Å². The van der Waals surface area contributed by atoms with Gasteiger partial charge in [-0.05, 0) is 19.1 Å². The standard InChI is InChI=1S/C12H11N3O3/c1-8-2-3-9(4-14-8)18-6-11-10(12(16)17)5-13-7-15-11/h2-5,7H,6H2,1H3,(H,16,17). The normalized spacial score (nSPS) is 10.1. The number of aromatic nitrogens is 3. The second kappa shape index (κ2) is 5.22. The van der Waals surface area contributed by atoms with Crippen LogP contribution < -0.4 is 4.74 Å². The zero-order chi connectivity index (χ0) is 13.0. The molecule has 6 nitrogen and oxygen atoms in total. The highest BCUT2D eigenvalue weighted by atomic mass is 16.5. The molecular weight excluding hydrogens is 234 g/mol. The van der Waals surface area contributed by atoms with E-state index in [-0.39, 0.29) is 12.2 Å². The van der Waals surface area contributed by atoms with E-state index >= 15 is 0 Å². The van der Waals surface area contributed by atoms with Gasteiger partial charge in [0.25, 0.3) is 0 Å². The van der Waals surface area contributed by atoms with Crippen LogP contribution in [0.5, 0.6) is 5.75 Å². The summed E-state index contributed by atoms with van der Waals surface area (Å²) in [5.74, 6) is -0.508. The Morgan fingerprint density at radius 1 is 1.33 bits per heavy atom. The van der Waals surface area contributed by atoms with Crippen molar-refractivity contribution in [1.29, 1.82) is 0 Å². The number of carbonyl (C=O) groups is 1. The smallest absolute Gasteiger partial charge is 0.339 e. The first-order valence-corrected chi connectivity index (χ1v) is 5.24. The summed E-state index contributed by atoms with van der Waals surface area (Å²) in [6.45, 7) is 1.94. The molecule has 92 valence electrons. The minimum absolute atomic E-state index is 0.0394. The lowest BCUT2D eigenvalue weighted by Crippen LogP contribution is -2.08. The van der Waals surface area contributed by atoms with Crippen LogP contribution in [0.4, 0.5) is 0 Å². The predicted octanol–water partition coefficient (Wildman–Crippen LogP) is 1.46. The molecule has 0 atom stereocenters. The molecule has 2 rings (SSSR count). The quantitative estimate of drug-likeness (QED) is 0.877. The number of carboxylic acid groups (broad SMARTS) is 1. The number of nitrogens with zero attached hydrogens (tertiary/aromatic N) is 3. The number of aromatic carboxylic acids is 1. The third-order valence-corrected chi connectivity index (χ3v) is 2.28. The average Bonchev–Trinajstić information content (AvgIpc) is 2.38. The van der Waals surface area contributed by atoms with Gasteiger partial charge < -0.3 is 9.84 Å². The molecule has 0 aliphatic rings. The van der Waals surface area contributed by atoms with Gasteiger partial charge in [-0.2, -0.15) is 0 Å². The van der Waals surface area contributed by atoms with E-state index < -0.39 is 5.97 Å². The molecule has 0 aliphatic carbocycles. The highest BCUT2D eigenvalue weighted by molar-refractivity contribution is 5.88. The summed E-state index contributed by atoms with van der Waals surface area (Å²) in [5.41, 5.74) is 1.26. The van der Waals surface area contributed by atoms with Gasteiger partial charge >= 0.3 is 5.97 Å². The molecule has 2 aromatic heterocycles. The van der Waals surface area contributed by atoms with Gasteiger partial charge in [0.05, 0.1) is 11.9 Å². The third kappa shape index (κ3) is 2.79. The average molecular weight is 245 g/mol. The highest BCUT2D eigenvalue weighted by Gasteiger charge is 2.11. The largest absolute Gasteiger partial charge is 0.486 e. The molecule has 0 fully saturated rings. The number of carboxylic acids is 1. The highest BCUT2D eigenvalue weighted by Crippen LogP contribution is 2.12. The zero-order valence-electron chi connectivity index (χ0n) is 9.70. The number of pyridine rings is 1. The molecule has 18 heavy (non-hydrogen) atoms. The molecule has 0 bridgehead atoms. The first kappa shape index (κ1) is 12.0. The minimum Gasteiger partial charge on any atom is -0.486 e. The maximum Gasteiger partial charge on any atom is 0.339 e. The molecule has 0 aromatic carbocycles. The number of hydrogen-bond donors (Lipinski definition) is 1. The second-order valence-corrected chi connectivity index (χ2v) is 3.61. The summed E-state index contributed by atoms with van der Waals surface area (Å²) in [6.07, 6.45) is 4.12. The Hall–Kier alpha value is -2.50. The Labute approximate surface area is 103 Å². The van der Waals surface area contributed by atoms with Crippen LogP contribution in [-0.4, -0.2) is 26.0 Å². The molecule has 0 aliphatic heterocycles. The predicted molar refractivity (Wildman–Crippen MR) is 62.3 cm³/mol. The fraction of sp³-hybridized carbons (Fsp3) is 0.167. The number of hydrogen-bond acceptors (Lipinski definition) is 5. The van der Waals surface area contributed by atoms with Crippen molar-refractivity contribution in [2.45, 2.75) is 13.5 Å². The Morgan fingerprint density at radius 2 is 2.17 bits per heavy atom. The Bertz CT molecular complexity index is 555. The van der Waals surface area contributed by atoms with Crippen molar-refractivity contribution in [2.75, 3.05) is 0 Å². The van der Waals surface area contributed by atoms with Crippen molar-refractivity contribution in [3.05, 3.63) is 47.8 Å². The van der Waals surface area contributed by atoms with Crippen LogP contribution in [0.2, 0.25) is 0 Å². The maximum atomic E-state index is 10.9. The van der Waals surface area contributed by atoms with Crippen molar-refractivity contribution >= 4 is 5.97 Å². The van der Waals surface area contributed by atoms with E-state index in [0.29, 0.717) is 11.4 Å². The first-order chi connectivity index (χ1) is 8.66. The lowest BCUT2D eigenvalue weighted by atomic mass is 10.2. The fourth-order valence-electron chi connectivity index (χ4n) is 1.34. The molecule has 0 radical (unpaired) electrons. The maximum absolute atomic E-state index is 10.9. The number of aryl methyl sites for hydroxylation is 1. The summed E-state index contributed by atoms with van der Waals surface area (Å²) in [6, 6.07) is 3.58. The van der Waals surface area contributed by atoms with E-state index in [2.05, 4.69) is 15.0 Å². The molecule has 0 saturated heterocycles. The summed E-state index contributed by atoms with van der Waals surface area (Å²) < 4.78 is 5.42. The van der Waals surface area contributed by atoms with Gasteiger partial charge in [-0.1, -0.05) is 0 Å². The van der Waals surface area contributed by atoms with E-state index in [1.165, 1.54) is 12.5 Å². The van der Waals surface area contributed by atoms with Crippen molar-refractivity contribution < 1.29 is 14.6 Å². The van der Waals surface area contributed by atoms with Gasteiger partial charge in [-0.3, -0.25) is 4.98 Å². The summed E-state index contributed by atoms with van der Waals surface area (Å²) in [7, 11) is 0. The van der Waals surface area contributed by atoms with Crippen molar-refractivity contribution in [3.8, 4) is 5.75 Å². The molecule has 1 N–H and O–H groups in total. The molecule has 2 aromatic rings. The van der Waals surface area contributed by atoms with Crippen molar-refractivity contribution in [1.82, 2.24) is 15.0 Å². The molecule has 6 heteroatoms. The van der Waals surface area contributed by atoms with Crippen LogP contribution >= 0.6 is 0 Å². The Balaban J connectivity index is 2.10. The van der Waals surface area contributed by atoms with Crippen LogP contribution in [0, 0.1) is 6.92 Å². The van der Waals surface area contributed by atoms with Gasteiger partial charge in [0, 0.05) is 11.9 Å². The van der Waals surface area contributed by atoms with Gasteiger partial charge in [0.1, 0.15) is 24.2 Å². The zero-order valence-corrected chi connectivity index (χ0v) is 9.70. The van der Waals surface area contributed by atoms with Crippen LogP contribution in [-0.2, 0) is 6.61 Å². The molecule has 0 spiro atoms. The first-order valence-electron chi connectivity index (χ1n) is 5.24. The topological polar surface area (TPSA) is 85.2 Å². The molecule has 0 saturated carbocycles. The Kier molecular flexibility index (Phi) is 3.47. The van der Waals surface area contributed by atoms with Crippen molar-refractivity contribution in [2.24, 2.45) is 0 Å². The van der Waals surface area contributed by atoms with Crippen LogP contribution in [0.3, 0.4) is 0 Å². The minimum atomic E-state index is -1.07. The van der Waals surface area contributed by atoms with Crippen LogP contribution in [0.15, 0.2) is 30.9 Å². The molecule has 0 amide bonds. The SMILES string of the molecule is Cc1ccc(OCc2ncncc2C(=O)O)cn1. The van der Waals surface area contributed by atoms with E-state index in [4.69, 9.17) is 9.84 Å². The monoisotopic (exact) mass is 245 g/mol.